The number of nitrogens with one attached hydrogen (secondary N) is 1. The van der Waals surface area contributed by atoms with E-state index in [0.29, 0.717) is 0 Å². The van der Waals surface area contributed by atoms with E-state index in [1.807, 2.05) is 0 Å². The Labute approximate surface area is 102 Å². The Morgan fingerprint density at radius 1 is 1.25 bits per heavy atom. The third kappa shape index (κ3) is 5.31. The zero-order chi connectivity index (χ0) is 12.0. The minimum atomic E-state index is 0.757. The molecule has 1 aliphatic rings. The lowest BCUT2D eigenvalue weighted by atomic mass is 10.1. The van der Waals surface area contributed by atoms with Gasteiger partial charge in [0.2, 0.25) is 0 Å². The molecule has 96 valence electrons. The summed E-state index contributed by atoms with van der Waals surface area (Å²) in [5, 5.41) is 3.55. The average Bonchev–Trinajstić information content (AvgIpc) is 3.04. The minimum Gasteiger partial charge on any atom is -0.316 e. The molecule has 0 saturated heterocycles. The lowest BCUT2D eigenvalue weighted by molar-refractivity contribution is 0.188. The molecular weight excluding hydrogens is 196 g/mol. The molecule has 0 spiro atoms. The average molecular weight is 226 g/mol. The molecule has 2 nitrogen and oxygen atoms in total. The van der Waals surface area contributed by atoms with Crippen LogP contribution < -0.4 is 5.32 Å². The van der Waals surface area contributed by atoms with Gasteiger partial charge >= 0.3 is 0 Å². The molecular formula is C14H30N2. The Kier molecular flexibility index (Phi) is 6.37. The van der Waals surface area contributed by atoms with Crippen molar-refractivity contribution in [3.8, 4) is 0 Å². The molecule has 1 N–H and O–H groups in total. The summed E-state index contributed by atoms with van der Waals surface area (Å²) in [6.07, 6.45) is 5.46. The molecule has 2 heteroatoms. The maximum Gasteiger partial charge on any atom is 0.00992 e. The van der Waals surface area contributed by atoms with E-state index in [1.54, 1.807) is 0 Å². The molecule has 0 radical (unpaired) electrons. The highest BCUT2D eigenvalue weighted by atomic mass is 15.2. The van der Waals surface area contributed by atoms with Crippen molar-refractivity contribution in [2.24, 2.45) is 5.92 Å². The van der Waals surface area contributed by atoms with Gasteiger partial charge in [0.25, 0.3) is 0 Å². The van der Waals surface area contributed by atoms with Crippen LogP contribution in [-0.2, 0) is 0 Å². The van der Waals surface area contributed by atoms with Crippen molar-refractivity contribution in [3.63, 3.8) is 0 Å². The monoisotopic (exact) mass is 226 g/mol. The predicted molar refractivity (Wildman–Crippen MR) is 71.8 cm³/mol. The summed E-state index contributed by atoms with van der Waals surface area (Å²) in [7, 11) is 0. The van der Waals surface area contributed by atoms with E-state index in [4.69, 9.17) is 0 Å². The number of nitrogens with zero attached hydrogens (tertiary/aromatic N) is 1. The van der Waals surface area contributed by atoms with Gasteiger partial charge in [0.15, 0.2) is 0 Å². The first-order valence-electron chi connectivity index (χ1n) is 7.11. The van der Waals surface area contributed by atoms with Gasteiger partial charge in [-0.15, -0.1) is 0 Å². The van der Waals surface area contributed by atoms with Crippen LogP contribution >= 0.6 is 0 Å². The summed E-state index contributed by atoms with van der Waals surface area (Å²) in [5.74, 6) is 0.769. The molecule has 0 heterocycles. The van der Waals surface area contributed by atoms with Crippen LogP contribution in [0.5, 0.6) is 0 Å². The summed E-state index contributed by atoms with van der Waals surface area (Å²) in [5.41, 5.74) is 0. The van der Waals surface area contributed by atoms with Gasteiger partial charge < -0.3 is 5.32 Å². The van der Waals surface area contributed by atoms with E-state index < -0.39 is 0 Å². The molecule has 1 atom stereocenters. The third-order valence-electron chi connectivity index (χ3n) is 3.36. The Bertz CT molecular complexity index is 176. The highest BCUT2D eigenvalue weighted by Crippen LogP contribution is 2.29. The van der Waals surface area contributed by atoms with Gasteiger partial charge in [0, 0.05) is 12.1 Å². The van der Waals surface area contributed by atoms with Crippen LogP contribution in [0.4, 0.5) is 0 Å². The van der Waals surface area contributed by atoms with Gasteiger partial charge in [-0.1, -0.05) is 20.8 Å². The fourth-order valence-electron chi connectivity index (χ4n) is 2.29. The van der Waals surface area contributed by atoms with Gasteiger partial charge in [0.1, 0.15) is 0 Å². The van der Waals surface area contributed by atoms with Crippen LogP contribution in [0.3, 0.4) is 0 Å². The van der Waals surface area contributed by atoms with Crippen molar-refractivity contribution in [3.05, 3.63) is 0 Å². The smallest absolute Gasteiger partial charge is 0.00992 e. The second kappa shape index (κ2) is 7.29. The maximum absolute atomic E-state index is 3.55. The summed E-state index contributed by atoms with van der Waals surface area (Å²) < 4.78 is 0. The van der Waals surface area contributed by atoms with Gasteiger partial charge in [-0.05, 0) is 58.2 Å². The van der Waals surface area contributed by atoms with Gasteiger partial charge in [-0.25, -0.2) is 0 Å². The van der Waals surface area contributed by atoms with E-state index >= 15 is 0 Å². The Morgan fingerprint density at radius 2 is 1.94 bits per heavy atom. The van der Waals surface area contributed by atoms with Crippen LogP contribution in [0.1, 0.15) is 53.4 Å². The van der Waals surface area contributed by atoms with Crippen molar-refractivity contribution in [2.75, 3.05) is 19.6 Å². The van der Waals surface area contributed by atoms with Gasteiger partial charge in [0.05, 0.1) is 0 Å². The molecule has 0 aromatic heterocycles. The van der Waals surface area contributed by atoms with Crippen molar-refractivity contribution in [1.29, 1.82) is 0 Å². The Hall–Kier alpha value is -0.0800. The van der Waals surface area contributed by atoms with Crippen molar-refractivity contribution < 1.29 is 0 Å². The predicted octanol–water partition coefficient (Wildman–Crippen LogP) is 2.89. The van der Waals surface area contributed by atoms with Crippen molar-refractivity contribution in [2.45, 2.75) is 65.5 Å². The van der Waals surface area contributed by atoms with Crippen LogP contribution in [0.15, 0.2) is 0 Å². The summed E-state index contributed by atoms with van der Waals surface area (Å²) in [4.78, 5) is 2.72. The molecule has 1 unspecified atom stereocenters. The quantitative estimate of drug-likeness (QED) is 0.608. The van der Waals surface area contributed by atoms with E-state index in [-0.39, 0.29) is 0 Å². The fraction of sp³-hybridized carbons (Fsp3) is 1.00. The Morgan fingerprint density at radius 3 is 2.44 bits per heavy atom. The third-order valence-corrected chi connectivity index (χ3v) is 3.36. The lowest BCUT2D eigenvalue weighted by Gasteiger charge is -2.29. The molecule has 1 fully saturated rings. The van der Waals surface area contributed by atoms with Gasteiger partial charge in [-0.3, -0.25) is 4.90 Å². The van der Waals surface area contributed by atoms with E-state index in [0.717, 1.165) is 24.5 Å². The second-order valence-corrected chi connectivity index (χ2v) is 5.70. The molecule has 16 heavy (non-hydrogen) atoms. The highest BCUT2D eigenvalue weighted by molar-refractivity contribution is 4.87. The zero-order valence-electron chi connectivity index (χ0n) is 11.6. The maximum atomic E-state index is 3.55. The van der Waals surface area contributed by atoms with E-state index in [2.05, 4.69) is 37.9 Å². The first-order chi connectivity index (χ1) is 7.65. The molecule has 1 aliphatic carbocycles. The molecule has 0 aliphatic heterocycles. The number of hydrogen-bond donors (Lipinski definition) is 1. The summed E-state index contributed by atoms with van der Waals surface area (Å²) >= 11 is 0. The summed E-state index contributed by atoms with van der Waals surface area (Å²) in [6, 6.07) is 1.67. The largest absolute Gasteiger partial charge is 0.316 e. The number of rotatable bonds is 9. The molecule has 1 saturated carbocycles. The molecule has 0 aromatic carbocycles. The molecule has 0 amide bonds. The topological polar surface area (TPSA) is 15.3 Å². The first kappa shape index (κ1) is 14.0. The zero-order valence-corrected chi connectivity index (χ0v) is 11.6. The highest BCUT2D eigenvalue weighted by Gasteiger charge is 2.30. The van der Waals surface area contributed by atoms with Crippen molar-refractivity contribution in [1.82, 2.24) is 10.2 Å². The minimum absolute atomic E-state index is 0.757. The number of hydrogen-bond acceptors (Lipinski definition) is 2. The van der Waals surface area contributed by atoms with Crippen LogP contribution in [0.2, 0.25) is 0 Å². The first-order valence-corrected chi connectivity index (χ1v) is 7.11. The van der Waals surface area contributed by atoms with E-state index in [9.17, 15) is 0 Å². The molecule has 0 aromatic rings. The molecule has 1 rings (SSSR count). The second-order valence-electron chi connectivity index (χ2n) is 5.70. The normalized spacial score (nSPS) is 18.4. The van der Waals surface area contributed by atoms with Crippen LogP contribution in [0, 0.1) is 5.92 Å². The molecule has 0 bridgehead atoms. The Balaban J connectivity index is 2.13. The summed E-state index contributed by atoms with van der Waals surface area (Å²) in [6.45, 7) is 12.8. The SMILES string of the molecule is CCCN(C(C)CCNCC(C)C)C1CC1. The fourth-order valence-corrected chi connectivity index (χ4v) is 2.29. The van der Waals surface area contributed by atoms with Crippen LogP contribution in [-0.4, -0.2) is 36.6 Å². The van der Waals surface area contributed by atoms with Crippen molar-refractivity contribution >= 4 is 0 Å². The standard InChI is InChI=1S/C14H30N2/c1-5-10-16(14-6-7-14)13(4)8-9-15-11-12(2)3/h12-15H,5-11H2,1-4H3. The van der Waals surface area contributed by atoms with Crippen LogP contribution in [0.25, 0.3) is 0 Å². The van der Waals surface area contributed by atoms with E-state index in [1.165, 1.54) is 38.8 Å². The van der Waals surface area contributed by atoms with Gasteiger partial charge in [-0.2, -0.15) is 0 Å². The lowest BCUT2D eigenvalue weighted by Crippen LogP contribution is -2.38.